The number of esters is 1. The number of fused-ring (bicyclic) bond motifs is 1. The number of carbonyl (C=O) groups excluding carboxylic acids is 1. The highest BCUT2D eigenvalue weighted by Gasteiger charge is 2.22. The summed E-state index contributed by atoms with van der Waals surface area (Å²) in [6.45, 7) is 1.62. The lowest BCUT2D eigenvalue weighted by Gasteiger charge is -2.09. The van der Waals surface area contributed by atoms with Gasteiger partial charge >= 0.3 is 5.97 Å². The van der Waals surface area contributed by atoms with Gasteiger partial charge in [-0.2, -0.15) is 0 Å². The minimum atomic E-state index is -2.15. The van der Waals surface area contributed by atoms with Gasteiger partial charge in [-0.3, -0.25) is 9.36 Å². The third-order valence-electron chi connectivity index (χ3n) is 2.13. The van der Waals surface area contributed by atoms with Crippen molar-refractivity contribution in [1.29, 1.82) is 0 Å². The molecule has 2 heterocycles. The van der Waals surface area contributed by atoms with Crippen LogP contribution in [0.3, 0.4) is 0 Å². The van der Waals surface area contributed by atoms with Crippen molar-refractivity contribution < 1.29 is 13.9 Å². The standard InChI is InChI=1S/C10H9FN2O3S/c1-2-16-10(15)7(11)13-5-12-8-6(9(13)14)3-4-17-8/h3-5,7H,2H2,1H3. The zero-order valence-corrected chi connectivity index (χ0v) is 9.74. The molecular weight excluding hydrogens is 247 g/mol. The molecular formula is C10H9FN2O3S. The molecule has 17 heavy (non-hydrogen) atoms. The van der Waals surface area contributed by atoms with E-state index in [0.29, 0.717) is 14.8 Å². The Morgan fingerprint density at radius 2 is 2.47 bits per heavy atom. The number of alkyl halides is 1. The van der Waals surface area contributed by atoms with Crippen LogP contribution in [-0.4, -0.2) is 22.1 Å². The Hall–Kier alpha value is -1.76. The Morgan fingerprint density at radius 1 is 1.71 bits per heavy atom. The van der Waals surface area contributed by atoms with Gasteiger partial charge in [0.15, 0.2) is 0 Å². The van der Waals surface area contributed by atoms with E-state index in [1.165, 1.54) is 11.3 Å². The molecule has 0 N–H and O–H groups in total. The van der Waals surface area contributed by atoms with Gasteiger partial charge in [0.1, 0.15) is 11.2 Å². The van der Waals surface area contributed by atoms with Gasteiger partial charge < -0.3 is 4.74 Å². The van der Waals surface area contributed by atoms with Crippen molar-refractivity contribution >= 4 is 27.5 Å². The minimum absolute atomic E-state index is 0.0577. The van der Waals surface area contributed by atoms with Crippen LogP contribution in [0.4, 0.5) is 4.39 Å². The zero-order chi connectivity index (χ0) is 12.4. The molecule has 0 saturated carbocycles. The topological polar surface area (TPSA) is 61.2 Å². The van der Waals surface area contributed by atoms with Gasteiger partial charge in [0, 0.05) is 0 Å². The molecule has 1 unspecified atom stereocenters. The lowest BCUT2D eigenvalue weighted by atomic mass is 10.4. The summed E-state index contributed by atoms with van der Waals surface area (Å²) in [5.74, 6) is -1.09. The Balaban J connectivity index is 2.45. The van der Waals surface area contributed by atoms with Crippen LogP contribution < -0.4 is 5.56 Å². The van der Waals surface area contributed by atoms with Crippen LogP contribution in [0, 0.1) is 0 Å². The molecule has 0 aliphatic rings. The van der Waals surface area contributed by atoms with E-state index < -0.39 is 17.8 Å². The van der Waals surface area contributed by atoms with Crippen LogP contribution in [0.25, 0.3) is 10.2 Å². The number of hydrogen-bond donors (Lipinski definition) is 0. The monoisotopic (exact) mass is 256 g/mol. The van der Waals surface area contributed by atoms with Gasteiger partial charge in [0.25, 0.3) is 11.9 Å². The number of ether oxygens (including phenoxy) is 1. The highest BCUT2D eigenvalue weighted by Crippen LogP contribution is 2.15. The maximum atomic E-state index is 13.7. The lowest BCUT2D eigenvalue weighted by Crippen LogP contribution is -2.28. The molecule has 5 nitrogen and oxygen atoms in total. The van der Waals surface area contributed by atoms with Crippen molar-refractivity contribution in [3.05, 3.63) is 28.1 Å². The molecule has 0 radical (unpaired) electrons. The molecule has 0 bridgehead atoms. The second-order valence-corrected chi connectivity index (χ2v) is 4.08. The third kappa shape index (κ3) is 2.05. The summed E-state index contributed by atoms with van der Waals surface area (Å²) in [7, 11) is 0. The molecule has 0 aliphatic carbocycles. The summed E-state index contributed by atoms with van der Waals surface area (Å²) in [6, 6.07) is 1.55. The smallest absolute Gasteiger partial charge is 0.362 e. The number of aromatic nitrogens is 2. The fourth-order valence-corrected chi connectivity index (χ4v) is 2.08. The second-order valence-electron chi connectivity index (χ2n) is 3.18. The summed E-state index contributed by atoms with van der Waals surface area (Å²) in [6.07, 6.45) is -1.14. The Bertz CT molecular complexity index is 607. The summed E-state index contributed by atoms with van der Waals surface area (Å²) in [5.41, 5.74) is -0.586. The maximum Gasteiger partial charge on any atom is 0.362 e. The van der Waals surface area contributed by atoms with E-state index in [0.717, 1.165) is 6.33 Å². The first kappa shape index (κ1) is 11.7. The van der Waals surface area contributed by atoms with E-state index in [-0.39, 0.29) is 6.61 Å². The van der Waals surface area contributed by atoms with Crippen LogP contribution in [0.2, 0.25) is 0 Å². The Morgan fingerprint density at radius 3 is 3.18 bits per heavy atom. The van der Waals surface area contributed by atoms with Crippen molar-refractivity contribution in [1.82, 2.24) is 9.55 Å². The predicted octanol–water partition coefficient (Wildman–Crippen LogP) is 1.49. The molecule has 0 spiro atoms. The number of carbonyl (C=O) groups is 1. The molecule has 0 saturated heterocycles. The number of hydrogen-bond acceptors (Lipinski definition) is 5. The number of thiophene rings is 1. The summed E-state index contributed by atoms with van der Waals surface area (Å²) >= 11 is 1.28. The van der Waals surface area contributed by atoms with Gasteiger partial charge in [-0.1, -0.05) is 0 Å². The van der Waals surface area contributed by atoms with Crippen LogP contribution in [-0.2, 0) is 9.53 Å². The van der Waals surface area contributed by atoms with Gasteiger partial charge in [-0.25, -0.2) is 14.2 Å². The summed E-state index contributed by atoms with van der Waals surface area (Å²) in [4.78, 5) is 27.4. The summed E-state index contributed by atoms with van der Waals surface area (Å²) < 4.78 is 18.8. The van der Waals surface area contributed by atoms with E-state index in [1.54, 1.807) is 18.4 Å². The molecule has 2 rings (SSSR count). The van der Waals surface area contributed by atoms with Gasteiger partial charge in [0.2, 0.25) is 0 Å². The van der Waals surface area contributed by atoms with Crippen molar-refractivity contribution in [3.8, 4) is 0 Å². The fourth-order valence-electron chi connectivity index (χ4n) is 1.36. The normalized spacial score (nSPS) is 12.6. The first-order valence-corrected chi connectivity index (χ1v) is 5.78. The molecule has 2 aromatic rings. The predicted molar refractivity (Wildman–Crippen MR) is 60.7 cm³/mol. The first-order valence-electron chi connectivity index (χ1n) is 4.90. The van der Waals surface area contributed by atoms with Crippen LogP contribution in [0.15, 0.2) is 22.6 Å². The molecule has 2 aromatic heterocycles. The first-order chi connectivity index (χ1) is 8.15. The van der Waals surface area contributed by atoms with Gasteiger partial charge in [-0.05, 0) is 18.4 Å². The molecule has 1 atom stereocenters. The molecule has 0 aromatic carbocycles. The highest BCUT2D eigenvalue weighted by atomic mass is 32.1. The van der Waals surface area contributed by atoms with E-state index in [4.69, 9.17) is 0 Å². The van der Waals surface area contributed by atoms with E-state index in [2.05, 4.69) is 9.72 Å². The largest absolute Gasteiger partial charge is 0.462 e. The second kappa shape index (κ2) is 4.62. The molecule has 7 heteroatoms. The van der Waals surface area contributed by atoms with Crippen LogP contribution in [0.5, 0.6) is 0 Å². The van der Waals surface area contributed by atoms with E-state index >= 15 is 0 Å². The molecule has 0 aliphatic heterocycles. The lowest BCUT2D eigenvalue weighted by molar-refractivity contribution is -0.153. The van der Waals surface area contributed by atoms with E-state index in [1.807, 2.05) is 0 Å². The van der Waals surface area contributed by atoms with Gasteiger partial charge in [0.05, 0.1) is 12.0 Å². The Labute approximate surface area is 99.5 Å². The average Bonchev–Trinajstić information content (AvgIpc) is 2.78. The van der Waals surface area contributed by atoms with Crippen molar-refractivity contribution in [2.24, 2.45) is 0 Å². The average molecular weight is 256 g/mol. The molecule has 90 valence electrons. The zero-order valence-electron chi connectivity index (χ0n) is 8.92. The number of nitrogens with zero attached hydrogens (tertiary/aromatic N) is 2. The minimum Gasteiger partial charge on any atom is -0.462 e. The van der Waals surface area contributed by atoms with Crippen LogP contribution >= 0.6 is 11.3 Å². The Kier molecular flexibility index (Phi) is 3.19. The number of halogens is 1. The fraction of sp³-hybridized carbons (Fsp3) is 0.300. The van der Waals surface area contributed by atoms with Crippen molar-refractivity contribution in [2.75, 3.05) is 6.61 Å². The quantitative estimate of drug-likeness (QED) is 0.780. The van der Waals surface area contributed by atoms with Crippen LogP contribution in [0.1, 0.15) is 13.2 Å². The highest BCUT2D eigenvalue weighted by molar-refractivity contribution is 7.16. The maximum absolute atomic E-state index is 13.7. The third-order valence-corrected chi connectivity index (χ3v) is 2.96. The van der Waals surface area contributed by atoms with E-state index in [9.17, 15) is 14.0 Å². The van der Waals surface area contributed by atoms with Crippen molar-refractivity contribution in [3.63, 3.8) is 0 Å². The SMILES string of the molecule is CCOC(=O)C(F)n1cnc2sccc2c1=O. The number of rotatable bonds is 3. The summed E-state index contributed by atoms with van der Waals surface area (Å²) in [5, 5.41) is 1.98. The van der Waals surface area contributed by atoms with Crippen molar-refractivity contribution in [2.45, 2.75) is 13.2 Å². The molecule has 0 fully saturated rings. The molecule has 0 amide bonds. The van der Waals surface area contributed by atoms with Gasteiger partial charge in [-0.15, -0.1) is 11.3 Å².